The van der Waals surface area contributed by atoms with Gasteiger partial charge in [0.1, 0.15) is 5.78 Å². The molecule has 0 aromatic carbocycles. The van der Waals surface area contributed by atoms with Crippen molar-refractivity contribution >= 4 is 29.1 Å². The minimum atomic E-state index is -1.24. The molecule has 7 atom stereocenters. The number of thiazole rings is 1. The van der Waals surface area contributed by atoms with Crippen LogP contribution in [0.2, 0.25) is 0 Å². The van der Waals surface area contributed by atoms with Crippen LogP contribution in [-0.2, 0) is 19.2 Å². The van der Waals surface area contributed by atoms with Gasteiger partial charge in [0.05, 0.1) is 59.1 Å². The van der Waals surface area contributed by atoms with Crippen molar-refractivity contribution < 1.29 is 29.4 Å². The van der Waals surface area contributed by atoms with E-state index >= 15 is 0 Å². The highest BCUT2D eigenvalue weighted by Gasteiger charge is 2.53. The number of aliphatic hydroxyl groups excluding tert-OH is 2. The molecule has 1 amide bonds. The van der Waals surface area contributed by atoms with Gasteiger partial charge in [0.15, 0.2) is 0 Å². The number of aromatic nitrogens is 1. The number of epoxide rings is 1. The van der Waals surface area contributed by atoms with Crippen molar-refractivity contribution in [3.05, 3.63) is 21.7 Å². The largest absolute Gasteiger partial charge is 0.392 e. The molecule has 8 nitrogen and oxygen atoms in total. The van der Waals surface area contributed by atoms with Crippen molar-refractivity contribution in [1.29, 1.82) is 0 Å². The normalized spacial score (nSPS) is 34.5. The highest BCUT2D eigenvalue weighted by molar-refractivity contribution is 7.09. The van der Waals surface area contributed by atoms with E-state index in [1.54, 1.807) is 32.1 Å². The number of ether oxygens (including phenoxy) is 1. The number of aliphatic hydroxyl groups is 2. The number of carbonyl (C=O) groups excluding carboxylic acids is 2. The molecule has 1 aromatic rings. The van der Waals surface area contributed by atoms with Gasteiger partial charge in [-0.15, -0.1) is 11.3 Å². The molecule has 0 aliphatic carbocycles. The van der Waals surface area contributed by atoms with Gasteiger partial charge in [-0.25, -0.2) is 10.0 Å². The smallest absolute Gasteiger partial charge is 0.249 e. The summed E-state index contributed by atoms with van der Waals surface area (Å²) in [5.74, 6) is -1.38. The lowest BCUT2D eigenvalue weighted by Gasteiger charge is -2.36. The quantitative estimate of drug-likeness (QED) is 0.339. The van der Waals surface area contributed by atoms with Gasteiger partial charge < -0.3 is 14.9 Å². The zero-order valence-electron chi connectivity index (χ0n) is 25.6. The van der Waals surface area contributed by atoms with E-state index in [1.165, 1.54) is 5.06 Å². The maximum Gasteiger partial charge on any atom is 0.249 e. The van der Waals surface area contributed by atoms with E-state index in [-0.39, 0.29) is 35.7 Å². The molecule has 2 saturated heterocycles. The summed E-state index contributed by atoms with van der Waals surface area (Å²) in [6.45, 7) is 15.5. The summed E-state index contributed by atoms with van der Waals surface area (Å²) < 4.78 is 6.23. The number of ketones is 1. The highest BCUT2D eigenvalue weighted by atomic mass is 32.1. The second-order valence-electron chi connectivity index (χ2n) is 12.7. The maximum atomic E-state index is 13.9. The molecule has 0 radical (unpaired) electrons. The molecule has 3 heterocycles. The molecule has 2 aliphatic rings. The van der Waals surface area contributed by atoms with E-state index in [2.05, 4.69) is 18.8 Å². The van der Waals surface area contributed by atoms with Gasteiger partial charge in [-0.1, -0.05) is 47.5 Å². The van der Waals surface area contributed by atoms with E-state index in [9.17, 15) is 19.8 Å². The van der Waals surface area contributed by atoms with Crippen LogP contribution in [0.1, 0.15) is 104 Å². The first-order chi connectivity index (χ1) is 18.7. The summed E-state index contributed by atoms with van der Waals surface area (Å²) >= 11 is 1.57. The van der Waals surface area contributed by atoms with Gasteiger partial charge in [0.2, 0.25) is 5.91 Å². The minimum absolute atomic E-state index is 0.0573. The van der Waals surface area contributed by atoms with Crippen molar-refractivity contribution in [3.8, 4) is 0 Å². The zero-order valence-corrected chi connectivity index (χ0v) is 26.4. The molecule has 0 saturated carbocycles. The van der Waals surface area contributed by atoms with Crippen LogP contribution in [0, 0.1) is 24.2 Å². The molecular weight excluding hydrogens is 528 g/mol. The molecule has 2 aliphatic heterocycles. The molecule has 3 rings (SSSR count). The second-order valence-corrected chi connectivity index (χ2v) is 13.8. The number of carbonyl (C=O) groups is 2. The number of hydroxylamine groups is 2. The minimum Gasteiger partial charge on any atom is -0.392 e. The SMILES string of the molecule is CCCCON1C(=O)C[C@H](O)C(C)(C)C(=O)[C@H](C)[C@@H](O)[C@@H](C)CCC[C@@]2(C)O[C@H]2C[C@H]1/C(C)=C/c1csc(C)n1. The summed E-state index contributed by atoms with van der Waals surface area (Å²) in [4.78, 5) is 38.1. The third kappa shape index (κ3) is 7.79. The third-order valence-electron chi connectivity index (χ3n) is 8.95. The molecule has 2 fully saturated rings. The van der Waals surface area contributed by atoms with Crippen molar-refractivity contribution in [2.75, 3.05) is 6.61 Å². The van der Waals surface area contributed by atoms with Crippen LogP contribution < -0.4 is 0 Å². The number of nitrogens with zero attached hydrogens (tertiary/aromatic N) is 2. The van der Waals surface area contributed by atoms with Gasteiger partial charge in [0.25, 0.3) is 0 Å². The Morgan fingerprint density at radius 2 is 1.98 bits per heavy atom. The number of unbranched alkanes of at least 4 members (excludes halogenated alkanes) is 1. The number of Topliss-reactive ketones (excluding diaryl/α,β-unsaturated/α-hetero) is 1. The van der Waals surface area contributed by atoms with E-state index in [0.29, 0.717) is 13.0 Å². The molecule has 40 heavy (non-hydrogen) atoms. The fraction of sp³-hybridized carbons (Fsp3) is 0.774. The van der Waals surface area contributed by atoms with Crippen molar-refractivity contribution in [2.45, 2.75) is 130 Å². The third-order valence-corrected chi connectivity index (χ3v) is 9.74. The summed E-state index contributed by atoms with van der Waals surface area (Å²) in [5.41, 5.74) is 0.210. The van der Waals surface area contributed by atoms with E-state index in [4.69, 9.17) is 9.57 Å². The molecule has 1 aromatic heterocycles. The van der Waals surface area contributed by atoms with E-state index < -0.39 is 29.6 Å². The Morgan fingerprint density at radius 1 is 1.27 bits per heavy atom. The van der Waals surface area contributed by atoms with Gasteiger partial charge >= 0.3 is 0 Å². The average molecular weight is 579 g/mol. The maximum absolute atomic E-state index is 13.9. The molecule has 0 unspecified atom stereocenters. The molecule has 0 spiro atoms. The second kappa shape index (κ2) is 13.6. The number of hydrogen-bond acceptors (Lipinski definition) is 8. The van der Waals surface area contributed by atoms with Crippen LogP contribution >= 0.6 is 11.3 Å². The van der Waals surface area contributed by atoms with Crippen LogP contribution in [0.15, 0.2) is 11.0 Å². The van der Waals surface area contributed by atoms with Gasteiger partial charge in [-0.2, -0.15) is 0 Å². The first-order valence-electron chi connectivity index (χ1n) is 14.8. The Balaban J connectivity index is 2.00. The lowest BCUT2D eigenvalue weighted by Crippen LogP contribution is -2.48. The summed E-state index contributed by atoms with van der Waals surface area (Å²) in [5, 5.41) is 26.6. The lowest BCUT2D eigenvalue weighted by atomic mass is 9.72. The van der Waals surface area contributed by atoms with Gasteiger partial charge in [-0.3, -0.25) is 14.4 Å². The van der Waals surface area contributed by atoms with E-state index in [1.807, 2.05) is 32.2 Å². The Labute approximate surface area is 244 Å². The fourth-order valence-electron chi connectivity index (χ4n) is 5.75. The fourth-order valence-corrected chi connectivity index (χ4v) is 6.32. The monoisotopic (exact) mass is 578 g/mol. The predicted octanol–water partition coefficient (Wildman–Crippen LogP) is 5.49. The lowest BCUT2D eigenvalue weighted by molar-refractivity contribution is -0.200. The van der Waals surface area contributed by atoms with E-state index in [0.717, 1.165) is 48.4 Å². The van der Waals surface area contributed by atoms with Crippen LogP contribution in [0.4, 0.5) is 0 Å². The summed E-state index contributed by atoms with van der Waals surface area (Å²) in [7, 11) is 0. The zero-order chi connectivity index (χ0) is 29.8. The first kappa shape index (κ1) is 32.9. The van der Waals surface area contributed by atoms with Gasteiger partial charge in [0, 0.05) is 17.7 Å². The first-order valence-corrected chi connectivity index (χ1v) is 15.7. The summed E-state index contributed by atoms with van der Waals surface area (Å²) in [6, 6.07) is -0.420. The molecule has 2 N–H and O–H groups in total. The standard InChI is InChI=1S/C31H50N2O6S/c1-9-10-14-38-33-24(20(3)15-23-18-40-22(5)32-23)16-26-31(8,39-26)13-11-12-19(2)28(36)21(4)29(37)30(6,7)25(34)17-27(33)35/h15,18-19,21,24-26,28,34,36H,9-14,16-17H2,1-8H3/b20-15+/t19-,21+,24-,25-,26-,28-,31+/m0/s1. The number of fused-ring (bicyclic) bond motifs is 1. The molecular formula is C31H50N2O6S. The van der Waals surface area contributed by atoms with Crippen LogP contribution in [0.25, 0.3) is 6.08 Å². The van der Waals surface area contributed by atoms with Crippen LogP contribution in [0.5, 0.6) is 0 Å². The Kier molecular flexibility index (Phi) is 11.1. The van der Waals surface area contributed by atoms with Crippen molar-refractivity contribution in [1.82, 2.24) is 10.0 Å². The summed E-state index contributed by atoms with van der Waals surface area (Å²) in [6.07, 6.45) is 4.28. The highest BCUT2D eigenvalue weighted by Crippen LogP contribution is 2.45. The topological polar surface area (TPSA) is 112 Å². The van der Waals surface area contributed by atoms with Crippen LogP contribution in [-0.4, -0.2) is 68.5 Å². The Hall–Kier alpha value is -1.65. The van der Waals surface area contributed by atoms with Crippen molar-refractivity contribution in [3.63, 3.8) is 0 Å². The molecule has 9 heteroatoms. The number of hydrogen-bond donors (Lipinski definition) is 2. The Bertz CT molecular complexity index is 1050. The van der Waals surface area contributed by atoms with Crippen LogP contribution in [0.3, 0.4) is 0 Å². The number of aryl methyl sites for hydroxylation is 1. The Morgan fingerprint density at radius 3 is 2.60 bits per heavy atom. The van der Waals surface area contributed by atoms with Gasteiger partial charge in [-0.05, 0) is 57.6 Å². The number of amides is 1. The molecule has 0 bridgehead atoms. The number of rotatable bonds is 6. The van der Waals surface area contributed by atoms with Crippen molar-refractivity contribution in [2.24, 2.45) is 17.3 Å². The average Bonchev–Trinajstić information content (AvgIpc) is 3.35. The molecule has 226 valence electrons. The predicted molar refractivity (Wildman–Crippen MR) is 157 cm³/mol.